The van der Waals surface area contributed by atoms with Crippen LogP contribution < -0.4 is 5.32 Å². The van der Waals surface area contributed by atoms with Gasteiger partial charge in [-0.05, 0) is 6.07 Å². The molecule has 0 heterocycles. The zero-order valence-electron chi connectivity index (χ0n) is 8.87. The van der Waals surface area contributed by atoms with Gasteiger partial charge in [-0.25, -0.2) is 0 Å². The summed E-state index contributed by atoms with van der Waals surface area (Å²) in [4.78, 5) is 21.6. The van der Waals surface area contributed by atoms with E-state index >= 15 is 0 Å². The van der Waals surface area contributed by atoms with E-state index < -0.39 is 23.5 Å². The molecule has 0 aliphatic heterocycles. The summed E-state index contributed by atoms with van der Waals surface area (Å²) in [5.74, 6) is -0.662. The number of nitrogens with zero attached hydrogens (tertiary/aromatic N) is 1. The highest BCUT2D eigenvalue weighted by Gasteiger charge is 2.19. The molecule has 1 rings (SSSR count). The number of carbonyl (C=O) groups excluding carboxylic acids is 1. The van der Waals surface area contributed by atoms with Crippen LogP contribution in [-0.4, -0.2) is 40.3 Å². The van der Waals surface area contributed by atoms with Gasteiger partial charge in [0.05, 0.1) is 17.6 Å². The van der Waals surface area contributed by atoms with Crippen LogP contribution in [0.3, 0.4) is 0 Å². The summed E-state index contributed by atoms with van der Waals surface area (Å²) in [6.07, 6.45) is -1.08. The van der Waals surface area contributed by atoms with E-state index in [9.17, 15) is 14.9 Å². The Kier molecular flexibility index (Phi) is 4.56. The van der Waals surface area contributed by atoms with Crippen LogP contribution in [0.4, 0.5) is 5.69 Å². The molecule has 1 unspecified atom stereocenters. The lowest BCUT2D eigenvalue weighted by Gasteiger charge is -2.08. The molecule has 0 spiro atoms. The smallest absolute Gasteiger partial charge is 0.282 e. The van der Waals surface area contributed by atoms with Crippen molar-refractivity contribution in [3.8, 4) is 0 Å². The second kappa shape index (κ2) is 5.92. The predicted octanol–water partition coefficient (Wildman–Crippen LogP) is -0.322. The zero-order chi connectivity index (χ0) is 12.8. The average molecular weight is 240 g/mol. The molecule has 7 nitrogen and oxygen atoms in total. The van der Waals surface area contributed by atoms with E-state index in [4.69, 9.17) is 10.2 Å². The third-order valence-corrected chi connectivity index (χ3v) is 2.05. The minimum Gasteiger partial charge on any atom is -0.394 e. The molecule has 0 saturated carbocycles. The summed E-state index contributed by atoms with van der Waals surface area (Å²) >= 11 is 0. The lowest BCUT2D eigenvalue weighted by molar-refractivity contribution is -0.385. The molecule has 3 N–H and O–H groups in total. The summed E-state index contributed by atoms with van der Waals surface area (Å²) in [6, 6.07) is 5.50. The molecule has 0 aliphatic rings. The number of aliphatic hydroxyl groups is 2. The fourth-order valence-corrected chi connectivity index (χ4v) is 1.20. The molecule has 17 heavy (non-hydrogen) atoms. The highest BCUT2D eigenvalue weighted by molar-refractivity contribution is 5.98. The minimum absolute atomic E-state index is 0.0809. The van der Waals surface area contributed by atoms with Crippen molar-refractivity contribution in [1.82, 2.24) is 5.32 Å². The van der Waals surface area contributed by atoms with Crippen molar-refractivity contribution in [2.75, 3.05) is 13.2 Å². The Labute approximate surface area is 96.8 Å². The second-order valence-corrected chi connectivity index (χ2v) is 3.32. The summed E-state index contributed by atoms with van der Waals surface area (Å²) < 4.78 is 0. The molecule has 7 heteroatoms. The van der Waals surface area contributed by atoms with E-state index in [1.54, 1.807) is 0 Å². The Morgan fingerprint density at radius 3 is 2.71 bits per heavy atom. The van der Waals surface area contributed by atoms with Crippen molar-refractivity contribution in [2.24, 2.45) is 0 Å². The van der Waals surface area contributed by atoms with Gasteiger partial charge in [0.1, 0.15) is 5.56 Å². The molecule has 1 amide bonds. The standard InChI is InChI=1S/C10H12N2O5/c13-6-7(14)5-11-10(15)8-3-1-2-4-9(8)12(16)17/h1-4,7,13-14H,5-6H2,(H,11,15). The summed E-state index contributed by atoms with van der Waals surface area (Å²) in [5, 5.41) is 30.5. The number of nitrogens with one attached hydrogen (secondary N) is 1. The maximum atomic E-state index is 11.6. The Balaban J connectivity index is 2.78. The molecule has 0 saturated heterocycles. The SMILES string of the molecule is O=C(NCC(O)CO)c1ccccc1[N+](=O)[O-]. The largest absolute Gasteiger partial charge is 0.394 e. The van der Waals surface area contributed by atoms with Gasteiger partial charge >= 0.3 is 0 Å². The van der Waals surface area contributed by atoms with Crippen molar-refractivity contribution in [2.45, 2.75) is 6.10 Å². The van der Waals surface area contributed by atoms with Crippen LogP contribution in [-0.2, 0) is 0 Å². The van der Waals surface area contributed by atoms with Crippen molar-refractivity contribution < 1.29 is 19.9 Å². The number of para-hydroxylation sites is 1. The lowest BCUT2D eigenvalue weighted by Crippen LogP contribution is -2.34. The van der Waals surface area contributed by atoms with Crippen LogP contribution in [0.5, 0.6) is 0 Å². The second-order valence-electron chi connectivity index (χ2n) is 3.32. The number of hydrogen-bond acceptors (Lipinski definition) is 5. The van der Waals surface area contributed by atoms with Crippen molar-refractivity contribution in [1.29, 1.82) is 0 Å². The van der Waals surface area contributed by atoms with Crippen LogP contribution in [0, 0.1) is 10.1 Å². The molecular formula is C10H12N2O5. The van der Waals surface area contributed by atoms with Gasteiger partial charge in [-0.2, -0.15) is 0 Å². The van der Waals surface area contributed by atoms with Crippen LogP contribution in [0.1, 0.15) is 10.4 Å². The van der Waals surface area contributed by atoms with Crippen LogP contribution in [0.25, 0.3) is 0 Å². The zero-order valence-corrected chi connectivity index (χ0v) is 8.87. The van der Waals surface area contributed by atoms with Gasteiger partial charge in [0, 0.05) is 12.6 Å². The van der Waals surface area contributed by atoms with Gasteiger partial charge in [0.15, 0.2) is 0 Å². The van der Waals surface area contributed by atoms with Crippen LogP contribution in [0.15, 0.2) is 24.3 Å². The minimum atomic E-state index is -1.08. The van der Waals surface area contributed by atoms with E-state index in [1.807, 2.05) is 0 Å². The van der Waals surface area contributed by atoms with Gasteiger partial charge in [-0.15, -0.1) is 0 Å². The Morgan fingerprint density at radius 1 is 1.47 bits per heavy atom. The first-order valence-electron chi connectivity index (χ1n) is 4.86. The molecule has 0 bridgehead atoms. The number of nitro benzene ring substituents is 1. The molecule has 1 aromatic carbocycles. The lowest BCUT2D eigenvalue weighted by atomic mass is 10.1. The van der Waals surface area contributed by atoms with Crippen molar-refractivity contribution in [3.63, 3.8) is 0 Å². The average Bonchev–Trinajstić information content (AvgIpc) is 2.35. The highest BCUT2D eigenvalue weighted by atomic mass is 16.6. The number of amides is 1. The number of carbonyl (C=O) groups is 1. The normalized spacial score (nSPS) is 11.9. The topological polar surface area (TPSA) is 113 Å². The number of hydrogen-bond donors (Lipinski definition) is 3. The number of nitro groups is 1. The van der Waals surface area contributed by atoms with Crippen LogP contribution >= 0.6 is 0 Å². The van der Waals surface area contributed by atoms with Crippen molar-refractivity contribution >= 4 is 11.6 Å². The van der Waals surface area contributed by atoms with Crippen molar-refractivity contribution in [3.05, 3.63) is 39.9 Å². The highest BCUT2D eigenvalue weighted by Crippen LogP contribution is 2.17. The van der Waals surface area contributed by atoms with Gasteiger partial charge in [0.2, 0.25) is 0 Å². The molecule has 0 aliphatic carbocycles. The number of rotatable bonds is 5. The third-order valence-electron chi connectivity index (χ3n) is 2.05. The fraction of sp³-hybridized carbons (Fsp3) is 0.300. The first-order chi connectivity index (χ1) is 8.06. The van der Waals surface area contributed by atoms with E-state index in [2.05, 4.69) is 5.32 Å². The maximum Gasteiger partial charge on any atom is 0.282 e. The maximum absolute atomic E-state index is 11.6. The Bertz CT molecular complexity index is 421. The van der Waals surface area contributed by atoms with E-state index in [0.717, 1.165) is 0 Å². The molecule has 0 radical (unpaired) electrons. The number of aliphatic hydroxyl groups excluding tert-OH is 2. The summed E-state index contributed by atoms with van der Waals surface area (Å²) in [5.41, 5.74) is -0.383. The Morgan fingerprint density at radius 2 is 2.12 bits per heavy atom. The van der Waals surface area contributed by atoms with Gasteiger partial charge < -0.3 is 15.5 Å². The van der Waals surface area contributed by atoms with E-state index in [0.29, 0.717) is 0 Å². The van der Waals surface area contributed by atoms with Gasteiger partial charge in [0.25, 0.3) is 11.6 Å². The first-order valence-corrected chi connectivity index (χ1v) is 4.86. The summed E-state index contributed by atoms with van der Waals surface area (Å²) in [7, 11) is 0. The molecule has 1 aromatic rings. The third kappa shape index (κ3) is 3.51. The molecule has 0 fully saturated rings. The van der Waals surface area contributed by atoms with Crippen LogP contribution in [0.2, 0.25) is 0 Å². The number of benzene rings is 1. The fourth-order valence-electron chi connectivity index (χ4n) is 1.20. The molecule has 0 aromatic heterocycles. The molecule has 1 atom stereocenters. The monoisotopic (exact) mass is 240 g/mol. The van der Waals surface area contributed by atoms with E-state index in [-0.39, 0.29) is 17.8 Å². The van der Waals surface area contributed by atoms with Gasteiger partial charge in [-0.1, -0.05) is 12.1 Å². The van der Waals surface area contributed by atoms with Gasteiger partial charge in [-0.3, -0.25) is 14.9 Å². The summed E-state index contributed by atoms with van der Waals surface area (Å²) in [6.45, 7) is -0.654. The first kappa shape index (κ1) is 13.1. The quantitative estimate of drug-likeness (QED) is 0.482. The van der Waals surface area contributed by atoms with E-state index in [1.165, 1.54) is 24.3 Å². The molecular weight excluding hydrogens is 228 g/mol. The molecule has 92 valence electrons. The predicted molar refractivity (Wildman–Crippen MR) is 58.5 cm³/mol. The Hall–Kier alpha value is -1.99.